The van der Waals surface area contributed by atoms with E-state index in [-0.39, 0.29) is 24.1 Å². The summed E-state index contributed by atoms with van der Waals surface area (Å²) in [5.41, 5.74) is 4.94. The molecule has 1 aliphatic heterocycles. The molecule has 3 aromatic rings. The van der Waals surface area contributed by atoms with Crippen LogP contribution in [-0.2, 0) is 27.2 Å². The van der Waals surface area contributed by atoms with Crippen molar-refractivity contribution in [2.45, 2.75) is 38.4 Å². The molecule has 0 amide bonds. The molecular formula is C37H40F3N3O7. The lowest BCUT2D eigenvalue weighted by atomic mass is 9.99. The number of nitriles is 1. The second-order valence-corrected chi connectivity index (χ2v) is 11.3. The second kappa shape index (κ2) is 19.5. The van der Waals surface area contributed by atoms with Crippen LogP contribution in [-0.4, -0.2) is 73.8 Å². The van der Waals surface area contributed by atoms with E-state index in [1.807, 2.05) is 36.4 Å². The highest BCUT2D eigenvalue weighted by Gasteiger charge is 2.29. The Morgan fingerprint density at radius 3 is 2.28 bits per heavy atom. The van der Waals surface area contributed by atoms with Gasteiger partial charge in [-0.15, -0.1) is 0 Å². The van der Waals surface area contributed by atoms with Gasteiger partial charge in [-0.05, 0) is 55.5 Å². The number of para-hydroxylation sites is 2. The summed E-state index contributed by atoms with van der Waals surface area (Å²) in [6.45, 7) is 7.68. The molecule has 0 spiro atoms. The highest BCUT2D eigenvalue weighted by atomic mass is 19.4. The Labute approximate surface area is 289 Å². The SMILES string of the molecule is C=C(OCCCN1CCc2cc(C[C@@H](C)NCCOc3ccccc3OCC(F)(F)F)cc(C#N)c21)c1ccccc1.O=C(O)/C=C\C(=O)O. The van der Waals surface area contributed by atoms with Gasteiger partial charge in [0.2, 0.25) is 0 Å². The van der Waals surface area contributed by atoms with Crippen LogP contribution in [0.4, 0.5) is 18.9 Å². The number of nitrogens with zero attached hydrogens (tertiary/aromatic N) is 2. The summed E-state index contributed by atoms with van der Waals surface area (Å²) >= 11 is 0. The first kappa shape index (κ1) is 39.0. The van der Waals surface area contributed by atoms with Crippen molar-refractivity contribution in [2.75, 3.05) is 44.4 Å². The second-order valence-electron chi connectivity index (χ2n) is 11.3. The summed E-state index contributed by atoms with van der Waals surface area (Å²) in [5, 5.41) is 28.9. The van der Waals surface area contributed by atoms with E-state index in [9.17, 15) is 28.0 Å². The fraction of sp³-hybridized carbons (Fsp3) is 0.324. The van der Waals surface area contributed by atoms with E-state index < -0.39 is 24.7 Å². The summed E-state index contributed by atoms with van der Waals surface area (Å²) < 4.78 is 53.9. The van der Waals surface area contributed by atoms with Gasteiger partial charge >= 0.3 is 18.1 Å². The van der Waals surface area contributed by atoms with Gasteiger partial charge in [0.15, 0.2) is 18.1 Å². The van der Waals surface area contributed by atoms with Crippen LogP contribution >= 0.6 is 0 Å². The van der Waals surface area contributed by atoms with Gasteiger partial charge in [-0.1, -0.05) is 55.1 Å². The van der Waals surface area contributed by atoms with Crippen LogP contribution in [0.15, 0.2) is 85.5 Å². The normalized spacial score (nSPS) is 12.7. The fourth-order valence-electron chi connectivity index (χ4n) is 5.16. The number of hydrogen-bond donors (Lipinski definition) is 3. The number of halogens is 3. The molecule has 13 heteroatoms. The minimum absolute atomic E-state index is 0.0595. The number of anilines is 1. The summed E-state index contributed by atoms with van der Waals surface area (Å²) in [7, 11) is 0. The van der Waals surface area contributed by atoms with Crippen LogP contribution in [0.25, 0.3) is 5.76 Å². The molecule has 50 heavy (non-hydrogen) atoms. The van der Waals surface area contributed by atoms with Crippen LogP contribution in [0.5, 0.6) is 11.5 Å². The minimum Gasteiger partial charge on any atom is -0.494 e. The van der Waals surface area contributed by atoms with Crippen molar-refractivity contribution in [1.82, 2.24) is 5.32 Å². The summed E-state index contributed by atoms with van der Waals surface area (Å²) in [6, 6.07) is 22.8. The van der Waals surface area contributed by atoms with Crippen LogP contribution < -0.4 is 19.7 Å². The number of ether oxygens (including phenoxy) is 3. The number of rotatable bonds is 17. The van der Waals surface area contributed by atoms with Gasteiger partial charge in [-0.2, -0.15) is 18.4 Å². The lowest BCUT2D eigenvalue weighted by Gasteiger charge is -2.22. The number of fused-ring (bicyclic) bond motifs is 1. The smallest absolute Gasteiger partial charge is 0.422 e. The third-order valence-corrected chi connectivity index (χ3v) is 7.28. The van der Waals surface area contributed by atoms with E-state index in [1.165, 1.54) is 11.6 Å². The van der Waals surface area contributed by atoms with E-state index in [2.05, 4.69) is 35.9 Å². The Bertz CT molecular complexity index is 1640. The molecule has 0 radical (unpaired) electrons. The predicted octanol–water partition coefficient (Wildman–Crippen LogP) is 6.25. The van der Waals surface area contributed by atoms with Crippen molar-refractivity contribution in [3.63, 3.8) is 0 Å². The quantitative estimate of drug-likeness (QED) is 0.0843. The van der Waals surface area contributed by atoms with Crippen molar-refractivity contribution in [2.24, 2.45) is 0 Å². The van der Waals surface area contributed by atoms with Gasteiger partial charge in [0.05, 0.1) is 17.9 Å². The summed E-state index contributed by atoms with van der Waals surface area (Å²) in [4.78, 5) is 21.4. The lowest BCUT2D eigenvalue weighted by Crippen LogP contribution is -2.32. The molecule has 266 valence electrons. The van der Waals surface area contributed by atoms with Crippen LogP contribution in [0.1, 0.15) is 35.6 Å². The molecule has 0 aliphatic carbocycles. The molecule has 0 saturated carbocycles. The zero-order valence-corrected chi connectivity index (χ0v) is 27.6. The predicted molar refractivity (Wildman–Crippen MR) is 182 cm³/mol. The average molecular weight is 696 g/mol. The molecule has 0 bridgehead atoms. The molecule has 3 aromatic carbocycles. The first-order valence-electron chi connectivity index (χ1n) is 15.8. The van der Waals surface area contributed by atoms with Crippen LogP contribution in [0.2, 0.25) is 0 Å². The third-order valence-electron chi connectivity index (χ3n) is 7.28. The number of carbonyl (C=O) groups is 2. The topological polar surface area (TPSA) is 141 Å². The van der Waals surface area contributed by atoms with Gasteiger partial charge in [0.25, 0.3) is 0 Å². The van der Waals surface area contributed by atoms with E-state index in [0.717, 1.165) is 49.2 Å². The Balaban J connectivity index is 0.000000753. The maximum Gasteiger partial charge on any atom is 0.422 e. The van der Waals surface area contributed by atoms with Gasteiger partial charge in [-0.25, -0.2) is 9.59 Å². The van der Waals surface area contributed by atoms with E-state index in [1.54, 1.807) is 18.2 Å². The number of carboxylic acid groups (broad SMARTS) is 2. The first-order chi connectivity index (χ1) is 23.9. The van der Waals surface area contributed by atoms with Crippen LogP contribution in [0, 0.1) is 11.3 Å². The maximum absolute atomic E-state index is 12.5. The van der Waals surface area contributed by atoms with Gasteiger partial charge < -0.3 is 34.6 Å². The van der Waals surface area contributed by atoms with Crippen molar-refractivity contribution in [3.8, 4) is 17.6 Å². The number of nitrogens with one attached hydrogen (secondary N) is 1. The molecule has 0 fully saturated rings. The molecule has 1 atom stereocenters. The van der Waals surface area contributed by atoms with Gasteiger partial charge in [-0.3, -0.25) is 0 Å². The lowest BCUT2D eigenvalue weighted by molar-refractivity contribution is -0.153. The first-order valence-corrected chi connectivity index (χ1v) is 15.8. The van der Waals surface area contributed by atoms with Crippen molar-refractivity contribution < 1.29 is 47.2 Å². The molecule has 0 unspecified atom stereocenters. The Morgan fingerprint density at radius 2 is 1.66 bits per heavy atom. The highest BCUT2D eigenvalue weighted by Crippen LogP contribution is 2.33. The van der Waals surface area contributed by atoms with E-state index in [4.69, 9.17) is 24.4 Å². The number of alkyl halides is 3. The fourth-order valence-corrected chi connectivity index (χ4v) is 5.16. The van der Waals surface area contributed by atoms with Crippen molar-refractivity contribution >= 4 is 23.4 Å². The van der Waals surface area contributed by atoms with Gasteiger partial charge in [0, 0.05) is 43.4 Å². The molecule has 0 saturated heterocycles. The Hall–Kier alpha value is -5.48. The number of hydrogen-bond acceptors (Lipinski definition) is 8. The zero-order valence-electron chi connectivity index (χ0n) is 27.6. The number of carboxylic acids is 2. The number of benzene rings is 3. The molecule has 0 aromatic heterocycles. The van der Waals surface area contributed by atoms with Gasteiger partial charge in [0.1, 0.15) is 18.4 Å². The largest absolute Gasteiger partial charge is 0.494 e. The highest BCUT2D eigenvalue weighted by molar-refractivity contribution is 5.89. The van der Waals surface area contributed by atoms with E-state index >= 15 is 0 Å². The summed E-state index contributed by atoms with van der Waals surface area (Å²) in [5.74, 6) is -1.52. The van der Waals surface area contributed by atoms with Crippen molar-refractivity contribution in [3.05, 3.63) is 108 Å². The standard InChI is InChI=1S/C33H36F3N3O3.C4H4O4/c1-24(38-14-18-41-30-11-6-7-12-31(30)42-23-33(34,35)36)19-26-20-28-13-16-39(32(28)29(21-26)22-37)15-8-17-40-25(2)27-9-4-3-5-10-27;5-3(6)1-2-4(7)8/h3-7,9-12,20-21,24,38H,2,8,13-19,23H2,1H3;1-2H,(H,5,6)(H,7,8)/b;2-1-/t24-;/m1./s1. The number of aliphatic carboxylic acids is 2. The summed E-state index contributed by atoms with van der Waals surface area (Å²) in [6.07, 6.45) is -0.868. The molecule has 3 N–H and O–H groups in total. The minimum atomic E-state index is -4.42. The zero-order chi connectivity index (χ0) is 36.5. The molecule has 10 nitrogen and oxygen atoms in total. The Morgan fingerprint density at radius 1 is 1.02 bits per heavy atom. The average Bonchev–Trinajstić information content (AvgIpc) is 3.49. The molecule has 4 rings (SSSR count). The molecule has 1 aliphatic rings. The molecule has 1 heterocycles. The van der Waals surface area contributed by atoms with Crippen LogP contribution in [0.3, 0.4) is 0 Å². The molecular weight excluding hydrogens is 655 g/mol. The monoisotopic (exact) mass is 695 g/mol. The maximum atomic E-state index is 12.5. The van der Waals surface area contributed by atoms with Crippen molar-refractivity contribution in [1.29, 1.82) is 5.26 Å². The third kappa shape index (κ3) is 13.6. The van der Waals surface area contributed by atoms with E-state index in [0.29, 0.717) is 36.6 Å². The Kier molecular flexibility index (Phi) is 15.2.